The van der Waals surface area contributed by atoms with Crippen molar-refractivity contribution >= 4 is 11.8 Å². The van der Waals surface area contributed by atoms with Crippen molar-refractivity contribution in [3.63, 3.8) is 0 Å². The summed E-state index contributed by atoms with van der Waals surface area (Å²) in [5.41, 5.74) is 0. The summed E-state index contributed by atoms with van der Waals surface area (Å²) in [5.74, 6) is 2.57. The lowest BCUT2D eigenvalue weighted by Crippen LogP contribution is -2.08. The normalized spacial score (nSPS) is 42.7. The summed E-state index contributed by atoms with van der Waals surface area (Å²) >= 11 is 2.05. The number of hydrogen-bond donors (Lipinski definition) is 0. The summed E-state index contributed by atoms with van der Waals surface area (Å²) in [7, 11) is 0. The highest BCUT2D eigenvalue weighted by atomic mass is 32.2. The Kier molecular flexibility index (Phi) is 1.68. The first kappa shape index (κ1) is 6.05. The van der Waals surface area contributed by atoms with Gasteiger partial charge in [0.05, 0.1) is 12.2 Å². The molecule has 2 bridgehead atoms. The quantitative estimate of drug-likeness (QED) is 0.511. The van der Waals surface area contributed by atoms with Gasteiger partial charge in [-0.3, -0.25) is 0 Å². The third kappa shape index (κ3) is 1.24. The molecule has 0 radical (unpaired) electrons. The molecule has 2 aliphatic rings. The lowest BCUT2D eigenvalue weighted by Gasteiger charge is -2.05. The fraction of sp³-hybridized carbons (Fsp3) is 1.00. The molecule has 2 heteroatoms. The van der Waals surface area contributed by atoms with Crippen LogP contribution in [-0.4, -0.2) is 23.7 Å². The minimum absolute atomic E-state index is 0.613. The maximum absolute atomic E-state index is 5.70. The maximum Gasteiger partial charge on any atom is 0.0670 e. The molecule has 1 nitrogen and oxygen atoms in total. The van der Waals surface area contributed by atoms with Gasteiger partial charge < -0.3 is 4.74 Å². The second-order valence-electron chi connectivity index (χ2n) is 2.82. The van der Waals surface area contributed by atoms with E-state index in [1.165, 1.54) is 30.8 Å². The van der Waals surface area contributed by atoms with E-state index in [0.717, 1.165) is 0 Å². The van der Waals surface area contributed by atoms with Crippen molar-refractivity contribution in [2.45, 2.75) is 31.5 Å². The van der Waals surface area contributed by atoms with Crippen LogP contribution in [0.25, 0.3) is 0 Å². The van der Waals surface area contributed by atoms with Crippen LogP contribution in [0.2, 0.25) is 0 Å². The predicted octanol–water partition coefficient (Wildman–Crippen LogP) is 1.67. The largest absolute Gasteiger partial charge is 0.374 e. The summed E-state index contributed by atoms with van der Waals surface area (Å²) in [5, 5.41) is 0. The van der Waals surface area contributed by atoms with Gasteiger partial charge in [0.25, 0.3) is 0 Å². The zero-order chi connectivity index (χ0) is 6.10. The number of ether oxygens (including phenoxy) is 1. The van der Waals surface area contributed by atoms with E-state index in [1.54, 1.807) is 0 Å². The Labute approximate surface area is 60.2 Å². The average molecular weight is 144 g/mol. The number of thioether (sulfide) groups is 1. The van der Waals surface area contributed by atoms with Crippen LogP contribution in [0.1, 0.15) is 19.3 Å². The average Bonchev–Trinajstić information content (AvgIpc) is 2.09. The van der Waals surface area contributed by atoms with Gasteiger partial charge in [0.1, 0.15) is 0 Å². The van der Waals surface area contributed by atoms with E-state index in [-0.39, 0.29) is 0 Å². The molecule has 2 aliphatic heterocycles. The minimum atomic E-state index is 0.613. The number of hydrogen-bond acceptors (Lipinski definition) is 2. The Morgan fingerprint density at radius 1 is 1.11 bits per heavy atom. The van der Waals surface area contributed by atoms with Gasteiger partial charge in [0.15, 0.2) is 0 Å². The molecule has 0 N–H and O–H groups in total. The first-order chi connectivity index (χ1) is 4.45. The third-order valence-corrected chi connectivity index (χ3v) is 3.22. The monoisotopic (exact) mass is 144 g/mol. The van der Waals surface area contributed by atoms with E-state index in [4.69, 9.17) is 4.74 Å². The van der Waals surface area contributed by atoms with Crippen molar-refractivity contribution in [1.82, 2.24) is 0 Å². The Morgan fingerprint density at radius 3 is 3.00 bits per heavy atom. The van der Waals surface area contributed by atoms with E-state index in [2.05, 4.69) is 11.8 Å². The summed E-state index contributed by atoms with van der Waals surface area (Å²) in [6.07, 6.45) is 5.18. The lowest BCUT2D eigenvalue weighted by molar-refractivity contribution is 0.0603. The fourth-order valence-corrected chi connectivity index (χ4v) is 2.65. The predicted molar refractivity (Wildman–Crippen MR) is 39.8 cm³/mol. The molecule has 0 spiro atoms. The molecule has 2 fully saturated rings. The van der Waals surface area contributed by atoms with Crippen LogP contribution in [0.5, 0.6) is 0 Å². The fourth-order valence-electron chi connectivity index (χ4n) is 1.54. The van der Waals surface area contributed by atoms with Gasteiger partial charge >= 0.3 is 0 Å². The van der Waals surface area contributed by atoms with E-state index >= 15 is 0 Å². The van der Waals surface area contributed by atoms with Crippen molar-refractivity contribution in [2.75, 3.05) is 11.5 Å². The van der Waals surface area contributed by atoms with Crippen molar-refractivity contribution in [3.8, 4) is 0 Å². The molecule has 52 valence electrons. The van der Waals surface area contributed by atoms with E-state index < -0.39 is 0 Å². The van der Waals surface area contributed by atoms with Gasteiger partial charge in [-0.25, -0.2) is 0 Å². The zero-order valence-corrected chi connectivity index (χ0v) is 6.32. The van der Waals surface area contributed by atoms with Gasteiger partial charge in [0.2, 0.25) is 0 Å². The Balaban J connectivity index is 1.99. The molecular weight excluding hydrogens is 132 g/mol. The minimum Gasteiger partial charge on any atom is -0.374 e. The molecular formula is C7H12OS. The Morgan fingerprint density at radius 2 is 2.00 bits per heavy atom. The van der Waals surface area contributed by atoms with Crippen LogP contribution >= 0.6 is 11.8 Å². The molecule has 0 saturated carbocycles. The number of rotatable bonds is 0. The topological polar surface area (TPSA) is 9.23 Å². The van der Waals surface area contributed by atoms with Gasteiger partial charge in [-0.1, -0.05) is 0 Å². The van der Waals surface area contributed by atoms with Crippen molar-refractivity contribution in [2.24, 2.45) is 0 Å². The number of fused-ring (bicyclic) bond motifs is 2. The molecule has 0 aromatic rings. The van der Waals surface area contributed by atoms with E-state index in [1.807, 2.05) is 0 Å². The van der Waals surface area contributed by atoms with Gasteiger partial charge in [-0.05, 0) is 25.0 Å². The van der Waals surface area contributed by atoms with Crippen LogP contribution in [0.4, 0.5) is 0 Å². The molecule has 0 amide bonds. The van der Waals surface area contributed by atoms with Crippen molar-refractivity contribution in [1.29, 1.82) is 0 Å². The summed E-state index contributed by atoms with van der Waals surface area (Å²) in [6, 6.07) is 0. The lowest BCUT2D eigenvalue weighted by atomic mass is 10.2. The molecule has 0 aromatic carbocycles. The standard InChI is InChI=1S/C7H12OS/c1-2-7-5-9-4-3-6(1)8-7/h6-7H,1-5H2. The molecule has 2 unspecified atom stereocenters. The van der Waals surface area contributed by atoms with Crippen LogP contribution in [0.3, 0.4) is 0 Å². The van der Waals surface area contributed by atoms with Crippen LogP contribution in [-0.2, 0) is 4.74 Å². The maximum atomic E-state index is 5.70. The van der Waals surface area contributed by atoms with E-state index in [0.29, 0.717) is 12.2 Å². The molecule has 2 atom stereocenters. The van der Waals surface area contributed by atoms with Gasteiger partial charge in [-0.15, -0.1) is 0 Å². The first-order valence-corrected chi connectivity index (χ1v) is 4.84. The molecule has 0 aliphatic carbocycles. The second kappa shape index (κ2) is 2.51. The molecule has 2 heterocycles. The Hall–Kier alpha value is 0.310. The smallest absolute Gasteiger partial charge is 0.0670 e. The molecule has 9 heavy (non-hydrogen) atoms. The molecule has 2 rings (SSSR count). The first-order valence-electron chi connectivity index (χ1n) is 3.68. The van der Waals surface area contributed by atoms with E-state index in [9.17, 15) is 0 Å². The summed E-state index contributed by atoms with van der Waals surface area (Å²) in [6.45, 7) is 0. The third-order valence-electron chi connectivity index (χ3n) is 2.08. The SMILES string of the molecule is C1CC2CCC(CS1)O2. The van der Waals surface area contributed by atoms with Crippen LogP contribution in [0.15, 0.2) is 0 Å². The van der Waals surface area contributed by atoms with Gasteiger partial charge in [-0.2, -0.15) is 11.8 Å². The van der Waals surface area contributed by atoms with Gasteiger partial charge in [0, 0.05) is 5.75 Å². The Bertz CT molecular complexity index is 93.1. The van der Waals surface area contributed by atoms with Crippen LogP contribution in [0, 0.1) is 0 Å². The molecule has 0 aromatic heterocycles. The van der Waals surface area contributed by atoms with Crippen molar-refractivity contribution < 1.29 is 4.74 Å². The van der Waals surface area contributed by atoms with Crippen molar-refractivity contribution in [3.05, 3.63) is 0 Å². The summed E-state index contributed by atoms with van der Waals surface area (Å²) in [4.78, 5) is 0. The second-order valence-corrected chi connectivity index (χ2v) is 3.97. The van der Waals surface area contributed by atoms with Crippen LogP contribution < -0.4 is 0 Å². The highest BCUT2D eigenvalue weighted by Crippen LogP contribution is 2.29. The highest BCUT2D eigenvalue weighted by molar-refractivity contribution is 7.99. The molecule has 2 saturated heterocycles. The highest BCUT2D eigenvalue weighted by Gasteiger charge is 2.27. The zero-order valence-electron chi connectivity index (χ0n) is 5.51. The summed E-state index contributed by atoms with van der Waals surface area (Å²) < 4.78 is 5.70.